The van der Waals surface area contributed by atoms with Gasteiger partial charge in [-0.2, -0.15) is 0 Å². The summed E-state index contributed by atoms with van der Waals surface area (Å²) in [5, 5.41) is 2.49. The minimum Gasteiger partial charge on any atom is -0.444 e. The molecule has 0 saturated carbocycles. The van der Waals surface area contributed by atoms with Crippen molar-refractivity contribution >= 4 is 14.7 Å². The van der Waals surface area contributed by atoms with Crippen molar-refractivity contribution in [3.8, 4) is 0 Å². The third-order valence-corrected chi connectivity index (χ3v) is 7.47. The predicted octanol–water partition coefficient (Wildman–Crippen LogP) is 8.10. The first kappa shape index (κ1) is 36.5. The van der Waals surface area contributed by atoms with E-state index in [-0.39, 0.29) is 12.7 Å². The zero-order chi connectivity index (χ0) is 27.6. The number of amides is 1. The van der Waals surface area contributed by atoms with E-state index in [1.54, 1.807) is 7.05 Å². The summed E-state index contributed by atoms with van der Waals surface area (Å²) in [6.07, 6.45) is 24.1. The number of alkyl carbamates (subject to hydrolysis) is 1. The molecule has 0 spiro atoms. The minimum absolute atomic E-state index is 0.152. The van der Waals surface area contributed by atoms with Gasteiger partial charge >= 0.3 is 14.7 Å². The average Bonchev–Trinajstić information content (AvgIpc) is 2.85. The summed E-state index contributed by atoms with van der Waals surface area (Å²) < 4.78 is 17.0. The molecule has 37 heavy (non-hydrogen) atoms. The largest absolute Gasteiger partial charge is 0.444 e. The Hall–Kier alpha value is -0.460. The number of hydrogen-bond acceptors (Lipinski definition) is 5. The molecule has 222 valence electrons. The topological polar surface area (TPSA) is 77.0 Å². The number of unbranched alkanes of at least 4 members (excludes halogenated alkanes) is 17. The molecular formula is C29H62N2O5P+. The van der Waals surface area contributed by atoms with Crippen molar-refractivity contribution in [1.82, 2.24) is 5.32 Å². The van der Waals surface area contributed by atoms with Crippen LogP contribution in [0.2, 0.25) is 0 Å². The maximum absolute atomic E-state index is 11.7. The fourth-order valence-electron chi connectivity index (χ4n) is 4.24. The van der Waals surface area contributed by atoms with Gasteiger partial charge in [0, 0.05) is 7.05 Å². The van der Waals surface area contributed by atoms with E-state index in [9.17, 15) is 9.69 Å². The fraction of sp³-hybridized carbons (Fsp3) is 0.966. The number of nitrogens with one attached hydrogen (secondary N) is 1. The van der Waals surface area contributed by atoms with Crippen LogP contribution in [0.5, 0.6) is 0 Å². The van der Waals surface area contributed by atoms with Crippen molar-refractivity contribution < 1.29 is 28.0 Å². The number of rotatable bonds is 27. The Labute approximate surface area is 231 Å². The summed E-state index contributed by atoms with van der Waals surface area (Å²) in [7, 11) is 5.79. The molecule has 0 aromatic rings. The second-order valence-electron chi connectivity index (χ2n) is 11.5. The lowest BCUT2D eigenvalue weighted by atomic mass is 10.0. The van der Waals surface area contributed by atoms with E-state index < -0.39 is 14.7 Å². The summed E-state index contributed by atoms with van der Waals surface area (Å²) in [5.41, 5.74) is 0. The van der Waals surface area contributed by atoms with Gasteiger partial charge in [-0.1, -0.05) is 116 Å². The van der Waals surface area contributed by atoms with Crippen LogP contribution in [0.4, 0.5) is 4.79 Å². The zero-order valence-electron chi connectivity index (χ0n) is 25.1. The Kier molecular flexibility index (Phi) is 25.5. The van der Waals surface area contributed by atoms with Crippen LogP contribution in [0.15, 0.2) is 0 Å². The van der Waals surface area contributed by atoms with E-state index in [4.69, 9.17) is 13.8 Å². The van der Waals surface area contributed by atoms with Crippen LogP contribution in [0.25, 0.3) is 0 Å². The molecule has 0 heterocycles. The second kappa shape index (κ2) is 25.8. The van der Waals surface area contributed by atoms with Gasteiger partial charge in [0.05, 0.1) is 27.7 Å². The number of nitrogens with zero attached hydrogens (tertiary/aromatic N) is 1. The van der Waals surface area contributed by atoms with Crippen molar-refractivity contribution in [3.05, 3.63) is 0 Å². The first-order valence-electron chi connectivity index (χ1n) is 15.2. The van der Waals surface area contributed by atoms with Gasteiger partial charge in [-0.15, -0.1) is 0 Å². The highest BCUT2D eigenvalue weighted by Gasteiger charge is 2.18. The normalized spacial score (nSPS) is 13.5. The Morgan fingerprint density at radius 2 is 1.19 bits per heavy atom. The first-order valence-corrected chi connectivity index (χ1v) is 16.3. The maximum atomic E-state index is 11.7. The number of hydrogen-bond donors (Lipinski definition) is 2. The minimum atomic E-state index is -1.96. The summed E-state index contributed by atoms with van der Waals surface area (Å²) in [6.45, 7) is 3.63. The molecule has 0 aliphatic carbocycles. The number of quaternary nitrogens is 1. The van der Waals surface area contributed by atoms with E-state index in [0.29, 0.717) is 6.61 Å². The molecule has 2 atom stereocenters. The van der Waals surface area contributed by atoms with Crippen molar-refractivity contribution in [2.45, 2.75) is 135 Å². The number of carbonyl (C=O) groups is 1. The molecule has 1 amide bonds. The van der Waals surface area contributed by atoms with E-state index in [0.717, 1.165) is 30.3 Å². The van der Waals surface area contributed by atoms with Crippen LogP contribution in [-0.4, -0.2) is 69.5 Å². The van der Waals surface area contributed by atoms with Crippen molar-refractivity contribution in [2.24, 2.45) is 0 Å². The summed E-state index contributed by atoms with van der Waals surface area (Å²) in [4.78, 5) is 21.6. The monoisotopic (exact) mass is 549 g/mol. The van der Waals surface area contributed by atoms with Gasteiger partial charge < -0.3 is 28.5 Å². The summed E-state index contributed by atoms with van der Waals surface area (Å²) in [6, 6.07) is 0. The molecule has 2 N–H and O–H groups in total. The summed E-state index contributed by atoms with van der Waals surface area (Å²) in [5.74, 6) is 0. The van der Waals surface area contributed by atoms with Gasteiger partial charge in [0.25, 0.3) is 0 Å². The molecule has 0 fully saturated rings. The standard InChI is InChI=1S/C29H61N2O5P/c1-6-7-8-9-10-11-12-13-14-15-16-17-18-19-20-21-22-23-24-28(36-29(32)30-2)27-35-37(33)34-26-25-31(3,4)5/h28,33H,6-27H2,1-5H3/p+1. The molecule has 0 saturated heterocycles. The molecule has 0 aliphatic heterocycles. The highest BCUT2D eigenvalue weighted by Crippen LogP contribution is 2.33. The molecule has 7 nitrogen and oxygen atoms in total. The molecule has 0 aromatic heterocycles. The van der Waals surface area contributed by atoms with E-state index in [1.165, 1.54) is 103 Å². The highest BCUT2D eigenvalue weighted by atomic mass is 31.2. The smallest absolute Gasteiger partial charge is 0.407 e. The second-order valence-corrected chi connectivity index (χ2v) is 12.4. The molecule has 8 heteroatoms. The maximum Gasteiger partial charge on any atom is 0.407 e. The van der Waals surface area contributed by atoms with Crippen LogP contribution in [0.3, 0.4) is 0 Å². The number of likely N-dealkylation sites (N-methyl/N-ethyl adjacent to an activating group) is 1. The van der Waals surface area contributed by atoms with Crippen molar-refractivity contribution in [1.29, 1.82) is 0 Å². The van der Waals surface area contributed by atoms with Crippen LogP contribution < -0.4 is 5.32 Å². The zero-order valence-corrected chi connectivity index (χ0v) is 26.0. The van der Waals surface area contributed by atoms with E-state index in [1.807, 2.05) is 0 Å². The average molecular weight is 550 g/mol. The Morgan fingerprint density at radius 3 is 1.59 bits per heavy atom. The molecule has 0 aromatic carbocycles. The van der Waals surface area contributed by atoms with Gasteiger partial charge in [-0.05, 0) is 12.8 Å². The van der Waals surface area contributed by atoms with Gasteiger partial charge in [-0.3, -0.25) is 0 Å². The number of carbonyl (C=O) groups excluding carboxylic acids is 1. The van der Waals surface area contributed by atoms with E-state index >= 15 is 0 Å². The number of ether oxygens (including phenoxy) is 1. The molecule has 2 unspecified atom stereocenters. The lowest BCUT2D eigenvalue weighted by molar-refractivity contribution is -0.870. The van der Waals surface area contributed by atoms with E-state index in [2.05, 4.69) is 33.4 Å². The molecule has 0 bridgehead atoms. The Morgan fingerprint density at radius 1 is 0.757 bits per heavy atom. The predicted molar refractivity (Wildman–Crippen MR) is 157 cm³/mol. The van der Waals surface area contributed by atoms with Gasteiger partial charge in [0.1, 0.15) is 19.3 Å². The highest BCUT2D eigenvalue weighted by molar-refractivity contribution is 7.40. The lowest BCUT2D eigenvalue weighted by Crippen LogP contribution is -2.37. The van der Waals surface area contributed by atoms with Crippen LogP contribution in [-0.2, 0) is 13.8 Å². The van der Waals surface area contributed by atoms with Gasteiger partial charge in [0.2, 0.25) is 0 Å². The molecule has 0 rings (SSSR count). The van der Waals surface area contributed by atoms with Crippen LogP contribution >= 0.6 is 8.60 Å². The third kappa shape index (κ3) is 28.4. The first-order chi connectivity index (χ1) is 17.8. The SMILES string of the molecule is CCCCCCCCCCCCCCCCCCCCC(COP(O)OCC[N+](C)(C)C)OC(=O)NC. The van der Waals surface area contributed by atoms with Crippen LogP contribution in [0.1, 0.15) is 129 Å². The van der Waals surface area contributed by atoms with Crippen molar-refractivity contribution in [3.63, 3.8) is 0 Å². The Balaban J connectivity index is 3.68. The lowest BCUT2D eigenvalue weighted by Gasteiger charge is -2.24. The van der Waals surface area contributed by atoms with Gasteiger partial charge in [0.15, 0.2) is 0 Å². The molecular weight excluding hydrogens is 487 g/mol. The third-order valence-electron chi connectivity index (χ3n) is 6.69. The quantitative estimate of drug-likeness (QED) is 0.0615. The fourth-order valence-corrected chi connectivity index (χ4v) is 4.84. The Bertz CT molecular complexity index is 505. The molecule has 0 radical (unpaired) electrons. The molecule has 0 aliphatic rings. The summed E-state index contributed by atoms with van der Waals surface area (Å²) >= 11 is 0. The van der Waals surface area contributed by atoms with Gasteiger partial charge in [-0.25, -0.2) is 4.79 Å². The van der Waals surface area contributed by atoms with Crippen LogP contribution in [0, 0.1) is 0 Å². The van der Waals surface area contributed by atoms with Crippen molar-refractivity contribution in [2.75, 3.05) is 47.9 Å².